The maximum absolute atomic E-state index is 14.0. The third-order valence-electron chi connectivity index (χ3n) is 7.49. The minimum atomic E-state index is -2.01. The van der Waals surface area contributed by atoms with Crippen LogP contribution in [0.25, 0.3) is 0 Å². The molecule has 0 bridgehead atoms. The molecule has 0 aromatic heterocycles. The number of amides is 1. The molecule has 2 N–H and O–H groups in total. The highest BCUT2D eigenvalue weighted by molar-refractivity contribution is 7.99. The largest absolute Gasteiger partial charge is 0.511 e. The number of aliphatic hydroxyl groups is 1. The molecule has 0 radical (unpaired) electrons. The summed E-state index contributed by atoms with van der Waals surface area (Å²) in [6.07, 6.45) is -4.41. The number of aliphatic hydroxyl groups excluding tert-OH is 1. The molecule has 1 aromatic carbocycles. The number of aryl methyl sites for hydroxylation is 2. The van der Waals surface area contributed by atoms with Gasteiger partial charge in [0.25, 0.3) is 0 Å². The van der Waals surface area contributed by atoms with Gasteiger partial charge in [-0.25, -0.2) is 19.2 Å². The topological polar surface area (TPSA) is 182 Å². The number of carbonyl (C=O) groups is 5. The van der Waals surface area contributed by atoms with E-state index in [-0.39, 0.29) is 19.0 Å². The second-order valence-electron chi connectivity index (χ2n) is 11.6. The molecule has 0 spiro atoms. The lowest BCUT2D eigenvalue weighted by Gasteiger charge is -2.38. The molecule has 3 rings (SSSR count). The van der Waals surface area contributed by atoms with E-state index in [9.17, 15) is 29.1 Å². The fraction of sp³-hybridized carbons (Fsp3) is 0.633. The normalized spacial score (nSPS) is 24.8. The first-order valence-corrected chi connectivity index (χ1v) is 15.5. The van der Waals surface area contributed by atoms with Gasteiger partial charge in [0.05, 0.1) is 25.2 Å². The summed E-state index contributed by atoms with van der Waals surface area (Å²) in [4.78, 5) is 64.4. The highest BCUT2D eigenvalue weighted by atomic mass is 32.2. The molecule has 6 atom stereocenters. The van der Waals surface area contributed by atoms with Gasteiger partial charge >= 0.3 is 30.3 Å². The lowest BCUT2D eigenvalue weighted by Crippen LogP contribution is -2.63. The van der Waals surface area contributed by atoms with E-state index < -0.39 is 84.8 Å². The van der Waals surface area contributed by atoms with Gasteiger partial charge in [-0.05, 0) is 71.7 Å². The second kappa shape index (κ2) is 15.0. The minimum Gasteiger partial charge on any atom is -0.444 e. The van der Waals surface area contributed by atoms with Crippen LogP contribution in [0.4, 0.5) is 14.4 Å². The maximum Gasteiger partial charge on any atom is 0.511 e. The zero-order chi connectivity index (χ0) is 33.5. The molecule has 2 saturated carbocycles. The van der Waals surface area contributed by atoms with Crippen molar-refractivity contribution < 1.29 is 62.2 Å². The molecule has 14 nitrogen and oxygen atoms in total. The first kappa shape index (κ1) is 35.8. The quantitative estimate of drug-likeness (QED) is 0.143. The Bertz CT molecular complexity index is 1260. The minimum absolute atomic E-state index is 0.0221. The lowest BCUT2D eigenvalue weighted by atomic mass is 9.80. The van der Waals surface area contributed by atoms with Crippen LogP contribution in [0.1, 0.15) is 45.7 Å². The van der Waals surface area contributed by atoms with Crippen molar-refractivity contribution in [1.29, 1.82) is 0 Å². The summed E-state index contributed by atoms with van der Waals surface area (Å²) in [5, 5.41) is 14.2. The number of rotatable bonds is 12. The number of thioether (sulfide) groups is 1. The summed E-state index contributed by atoms with van der Waals surface area (Å²) in [5.74, 6) is -5.72. The number of carbonyl (C=O) groups excluding carboxylic acids is 5. The van der Waals surface area contributed by atoms with Crippen molar-refractivity contribution in [2.75, 3.05) is 32.6 Å². The molecule has 2 aliphatic carbocycles. The van der Waals surface area contributed by atoms with Crippen molar-refractivity contribution >= 4 is 42.1 Å². The molecule has 45 heavy (non-hydrogen) atoms. The zero-order valence-corrected chi connectivity index (χ0v) is 27.2. The molecule has 0 unspecified atom stereocenters. The van der Waals surface area contributed by atoms with Crippen molar-refractivity contribution in [2.24, 2.45) is 23.7 Å². The smallest absolute Gasteiger partial charge is 0.444 e. The average Bonchev–Trinajstić information content (AvgIpc) is 3.64. The molecule has 2 fully saturated rings. The van der Waals surface area contributed by atoms with Crippen molar-refractivity contribution in [3.63, 3.8) is 0 Å². The van der Waals surface area contributed by atoms with Crippen LogP contribution in [0.15, 0.2) is 23.1 Å². The fourth-order valence-corrected chi connectivity index (χ4v) is 6.70. The Morgan fingerprint density at radius 2 is 1.49 bits per heavy atom. The van der Waals surface area contributed by atoms with E-state index in [0.29, 0.717) is 0 Å². The van der Waals surface area contributed by atoms with Crippen LogP contribution >= 0.6 is 11.8 Å². The van der Waals surface area contributed by atoms with Crippen molar-refractivity contribution in [1.82, 2.24) is 5.32 Å². The Hall–Kier alpha value is -3.72. The number of hydrogen-bond acceptors (Lipinski definition) is 14. The number of fused-ring (bicyclic) bond motifs is 1. The van der Waals surface area contributed by atoms with Crippen LogP contribution in [-0.2, 0) is 42.7 Å². The Kier molecular flexibility index (Phi) is 12.0. The summed E-state index contributed by atoms with van der Waals surface area (Å²) in [7, 11) is 0. The van der Waals surface area contributed by atoms with Gasteiger partial charge in [0.15, 0.2) is 5.54 Å². The molecule has 0 aliphatic heterocycles. The predicted molar refractivity (Wildman–Crippen MR) is 157 cm³/mol. The summed E-state index contributed by atoms with van der Waals surface area (Å²) >= 11 is 1.34. The summed E-state index contributed by atoms with van der Waals surface area (Å²) in [6.45, 7) is 10.4. The summed E-state index contributed by atoms with van der Waals surface area (Å²) in [6, 6.07) is 5.80. The van der Waals surface area contributed by atoms with Crippen LogP contribution in [0.2, 0.25) is 0 Å². The van der Waals surface area contributed by atoms with Crippen LogP contribution in [0.5, 0.6) is 0 Å². The SMILES string of the molecule is CCOC(=O)OCOC(=O)[C@H]1[C@@H]2[C@H](O)[C@@H](CSc3ccc(C)c(C)c3)[C@@](NC(=O)OC(C)(C)C)(C(=O)OCOC(=O)OCC)[C@H]12. The molecule has 15 heteroatoms. The molecule has 0 heterocycles. The van der Waals surface area contributed by atoms with Gasteiger partial charge in [0.2, 0.25) is 13.6 Å². The highest BCUT2D eigenvalue weighted by Crippen LogP contribution is 2.66. The van der Waals surface area contributed by atoms with Gasteiger partial charge in [-0.1, -0.05) is 6.07 Å². The first-order chi connectivity index (χ1) is 21.2. The van der Waals surface area contributed by atoms with Crippen LogP contribution in [-0.4, -0.2) is 85.2 Å². The Morgan fingerprint density at radius 1 is 0.889 bits per heavy atom. The first-order valence-electron chi connectivity index (χ1n) is 14.5. The summed E-state index contributed by atoms with van der Waals surface area (Å²) in [5.41, 5.74) is -0.852. The van der Waals surface area contributed by atoms with E-state index >= 15 is 0 Å². The van der Waals surface area contributed by atoms with E-state index in [1.165, 1.54) is 11.8 Å². The molecule has 2 aliphatic rings. The van der Waals surface area contributed by atoms with E-state index in [1.54, 1.807) is 34.6 Å². The van der Waals surface area contributed by atoms with Gasteiger partial charge in [0.1, 0.15) is 5.60 Å². The highest BCUT2D eigenvalue weighted by Gasteiger charge is 2.80. The van der Waals surface area contributed by atoms with Crippen molar-refractivity contribution in [3.05, 3.63) is 29.3 Å². The standard InChI is InChI=1S/C30H41NO13S/c1-8-38-27(36)42-14-40-24(33)21-20-22(21)30(31-26(35)44-29(5,6)7,25(34)41-15-43-28(37)39-9-2)19(23(20)32)13-45-18-11-10-16(3)17(4)12-18/h10-12,19-23,32H,8-9,13-15H2,1-7H3,(H,31,35)/t19-,20+,21+,22+,23-,30+/m1/s1. The lowest BCUT2D eigenvalue weighted by molar-refractivity contribution is -0.167. The van der Waals surface area contributed by atoms with Gasteiger partial charge in [-0.3, -0.25) is 4.79 Å². The van der Waals surface area contributed by atoms with Crippen molar-refractivity contribution in [3.8, 4) is 0 Å². The van der Waals surface area contributed by atoms with Crippen LogP contribution in [0.3, 0.4) is 0 Å². The second-order valence-corrected chi connectivity index (χ2v) is 12.7. The fourth-order valence-electron chi connectivity index (χ4n) is 5.44. The van der Waals surface area contributed by atoms with E-state index in [4.69, 9.17) is 28.4 Å². The Labute approximate surface area is 265 Å². The van der Waals surface area contributed by atoms with E-state index in [1.807, 2.05) is 32.0 Å². The molecule has 0 saturated heterocycles. The number of alkyl carbamates (subject to hydrolysis) is 1. The van der Waals surface area contributed by atoms with Crippen molar-refractivity contribution in [2.45, 2.75) is 70.6 Å². The third-order valence-corrected chi connectivity index (χ3v) is 8.60. The Morgan fingerprint density at radius 3 is 2.04 bits per heavy atom. The third kappa shape index (κ3) is 8.72. The monoisotopic (exact) mass is 655 g/mol. The number of hydrogen-bond donors (Lipinski definition) is 2. The number of esters is 2. The number of nitrogens with one attached hydrogen (secondary N) is 1. The molecule has 250 valence electrons. The Balaban J connectivity index is 1.94. The van der Waals surface area contributed by atoms with Gasteiger partial charge in [-0.2, -0.15) is 0 Å². The van der Waals surface area contributed by atoms with Gasteiger partial charge in [-0.15, -0.1) is 11.8 Å². The van der Waals surface area contributed by atoms with Crippen LogP contribution < -0.4 is 5.32 Å². The predicted octanol–water partition coefficient (Wildman–Crippen LogP) is 3.86. The molecular weight excluding hydrogens is 614 g/mol. The number of benzene rings is 1. The zero-order valence-electron chi connectivity index (χ0n) is 26.4. The summed E-state index contributed by atoms with van der Waals surface area (Å²) < 4.78 is 34.7. The maximum atomic E-state index is 14.0. The van der Waals surface area contributed by atoms with Gasteiger partial charge in [0, 0.05) is 28.4 Å². The van der Waals surface area contributed by atoms with E-state index in [2.05, 4.69) is 10.1 Å². The number of ether oxygens (including phenoxy) is 7. The van der Waals surface area contributed by atoms with E-state index in [0.717, 1.165) is 16.0 Å². The molecular formula is C30H41NO13S. The molecule has 1 aromatic rings. The van der Waals surface area contributed by atoms with Gasteiger partial charge < -0.3 is 43.6 Å². The average molecular weight is 656 g/mol. The van der Waals surface area contributed by atoms with Crippen LogP contribution in [0, 0.1) is 37.5 Å². The molecule has 1 amide bonds.